The molecule has 0 spiro atoms. The van der Waals surface area contributed by atoms with Gasteiger partial charge >= 0.3 is 0 Å². The predicted octanol–water partition coefficient (Wildman–Crippen LogP) is 2.46. The first-order chi connectivity index (χ1) is 6.83. The number of benzene rings is 1. The molecule has 0 aromatic heterocycles. The Bertz CT molecular complexity index is 340. The molecule has 1 aliphatic rings. The van der Waals surface area contributed by atoms with Crippen LogP contribution in [0.5, 0.6) is 5.75 Å². The van der Waals surface area contributed by atoms with E-state index >= 15 is 0 Å². The molecule has 0 aliphatic heterocycles. The number of carbonyl (C=O) groups is 1. The van der Waals surface area contributed by atoms with Crippen molar-refractivity contribution in [3.63, 3.8) is 0 Å². The standard InChI is InChI=1S/C12H14O2/c1-14-12-7-10(8-13)4-5-11(12)6-9-2-3-9/h4-5,7-9H,2-3,6H2,1H3. The van der Waals surface area contributed by atoms with E-state index < -0.39 is 0 Å². The zero-order valence-electron chi connectivity index (χ0n) is 8.32. The van der Waals surface area contributed by atoms with Crippen LogP contribution in [0.25, 0.3) is 0 Å². The summed E-state index contributed by atoms with van der Waals surface area (Å²) in [4.78, 5) is 10.6. The average Bonchev–Trinajstić information content (AvgIpc) is 3.02. The first-order valence-corrected chi connectivity index (χ1v) is 4.95. The lowest BCUT2D eigenvalue weighted by molar-refractivity contribution is 0.112. The summed E-state index contributed by atoms with van der Waals surface area (Å²) >= 11 is 0. The Kier molecular flexibility index (Phi) is 2.53. The van der Waals surface area contributed by atoms with Crippen molar-refractivity contribution >= 4 is 6.29 Å². The molecule has 14 heavy (non-hydrogen) atoms. The van der Waals surface area contributed by atoms with Crippen molar-refractivity contribution < 1.29 is 9.53 Å². The molecule has 1 aliphatic carbocycles. The number of ether oxygens (including phenoxy) is 1. The third-order valence-electron chi connectivity index (χ3n) is 2.65. The van der Waals surface area contributed by atoms with E-state index in [-0.39, 0.29) is 0 Å². The minimum atomic E-state index is 0.682. The Balaban J connectivity index is 2.23. The normalized spacial score (nSPS) is 15.2. The summed E-state index contributed by atoms with van der Waals surface area (Å²) in [7, 11) is 1.65. The quantitative estimate of drug-likeness (QED) is 0.682. The SMILES string of the molecule is COc1cc(C=O)ccc1CC1CC1. The van der Waals surface area contributed by atoms with E-state index in [1.807, 2.05) is 18.2 Å². The molecule has 0 saturated heterocycles. The van der Waals surface area contributed by atoms with Gasteiger partial charge in [-0.1, -0.05) is 12.1 Å². The van der Waals surface area contributed by atoms with Crippen molar-refractivity contribution in [1.82, 2.24) is 0 Å². The molecule has 0 heterocycles. The fourth-order valence-electron chi connectivity index (χ4n) is 1.64. The van der Waals surface area contributed by atoms with Gasteiger partial charge in [0.1, 0.15) is 12.0 Å². The molecule has 2 rings (SSSR count). The van der Waals surface area contributed by atoms with E-state index in [2.05, 4.69) is 0 Å². The molecular weight excluding hydrogens is 176 g/mol. The fourth-order valence-corrected chi connectivity index (χ4v) is 1.64. The highest BCUT2D eigenvalue weighted by Gasteiger charge is 2.22. The Morgan fingerprint density at radius 1 is 1.50 bits per heavy atom. The highest BCUT2D eigenvalue weighted by Crippen LogP contribution is 2.35. The van der Waals surface area contributed by atoms with Crippen molar-refractivity contribution in [3.8, 4) is 5.75 Å². The van der Waals surface area contributed by atoms with Crippen molar-refractivity contribution in [2.75, 3.05) is 7.11 Å². The minimum Gasteiger partial charge on any atom is -0.496 e. The second kappa shape index (κ2) is 3.82. The van der Waals surface area contributed by atoms with Crippen LogP contribution in [-0.2, 0) is 6.42 Å². The summed E-state index contributed by atoms with van der Waals surface area (Å²) in [5, 5.41) is 0. The minimum absolute atomic E-state index is 0.682. The van der Waals surface area contributed by atoms with E-state index in [0.29, 0.717) is 5.56 Å². The molecule has 0 radical (unpaired) electrons. The van der Waals surface area contributed by atoms with Crippen molar-refractivity contribution in [2.24, 2.45) is 5.92 Å². The van der Waals surface area contributed by atoms with Gasteiger partial charge < -0.3 is 4.74 Å². The number of hydrogen-bond donors (Lipinski definition) is 0. The highest BCUT2D eigenvalue weighted by atomic mass is 16.5. The van der Waals surface area contributed by atoms with E-state index in [9.17, 15) is 4.79 Å². The van der Waals surface area contributed by atoms with Gasteiger partial charge in [0.25, 0.3) is 0 Å². The Morgan fingerprint density at radius 2 is 2.29 bits per heavy atom. The maximum atomic E-state index is 10.6. The van der Waals surface area contributed by atoms with E-state index in [0.717, 1.165) is 24.4 Å². The number of hydrogen-bond acceptors (Lipinski definition) is 2. The van der Waals surface area contributed by atoms with Crippen LogP contribution >= 0.6 is 0 Å². The maximum absolute atomic E-state index is 10.6. The first kappa shape index (κ1) is 9.25. The highest BCUT2D eigenvalue weighted by molar-refractivity contribution is 5.75. The molecule has 1 saturated carbocycles. The Labute approximate surface area is 83.9 Å². The van der Waals surface area contributed by atoms with Gasteiger partial charge in [-0.25, -0.2) is 0 Å². The van der Waals surface area contributed by atoms with Crippen molar-refractivity contribution in [3.05, 3.63) is 29.3 Å². The third-order valence-corrected chi connectivity index (χ3v) is 2.65. The van der Waals surface area contributed by atoms with Crippen LogP contribution in [0.1, 0.15) is 28.8 Å². The zero-order chi connectivity index (χ0) is 9.97. The number of methoxy groups -OCH3 is 1. The second-order valence-corrected chi connectivity index (χ2v) is 3.84. The van der Waals surface area contributed by atoms with E-state index in [4.69, 9.17) is 4.74 Å². The molecule has 2 heteroatoms. The van der Waals surface area contributed by atoms with Gasteiger partial charge in [-0.3, -0.25) is 4.79 Å². The first-order valence-electron chi connectivity index (χ1n) is 4.95. The van der Waals surface area contributed by atoms with Gasteiger partial charge in [0, 0.05) is 5.56 Å². The maximum Gasteiger partial charge on any atom is 0.150 e. The lowest BCUT2D eigenvalue weighted by atomic mass is 10.1. The lowest BCUT2D eigenvalue weighted by Crippen LogP contribution is -1.95. The molecule has 74 valence electrons. The van der Waals surface area contributed by atoms with Gasteiger partial charge in [0.15, 0.2) is 0 Å². The zero-order valence-corrected chi connectivity index (χ0v) is 8.32. The smallest absolute Gasteiger partial charge is 0.150 e. The summed E-state index contributed by atoms with van der Waals surface area (Å²) in [6.45, 7) is 0. The van der Waals surface area contributed by atoms with Crippen LogP contribution in [0.4, 0.5) is 0 Å². The van der Waals surface area contributed by atoms with Crippen molar-refractivity contribution in [2.45, 2.75) is 19.3 Å². The van der Waals surface area contributed by atoms with Gasteiger partial charge in [-0.15, -0.1) is 0 Å². The van der Waals surface area contributed by atoms with Crippen LogP contribution in [0.2, 0.25) is 0 Å². The van der Waals surface area contributed by atoms with Gasteiger partial charge in [-0.05, 0) is 36.8 Å². The van der Waals surface area contributed by atoms with E-state index in [1.54, 1.807) is 7.11 Å². The molecule has 0 atom stereocenters. The van der Waals surface area contributed by atoms with Crippen molar-refractivity contribution in [1.29, 1.82) is 0 Å². The molecule has 1 aromatic carbocycles. The largest absolute Gasteiger partial charge is 0.496 e. The number of aldehydes is 1. The van der Waals surface area contributed by atoms with E-state index in [1.165, 1.54) is 18.4 Å². The summed E-state index contributed by atoms with van der Waals surface area (Å²) < 4.78 is 5.26. The molecule has 2 nitrogen and oxygen atoms in total. The van der Waals surface area contributed by atoms with Crippen LogP contribution in [-0.4, -0.2) is 13.4 Å². The molecule has 1 aromatic rings. The molecule has 0 unspecified atom stereocenters. The topological polar surface area (TPSA) is 26.3 Å². The summed E-state index contributed by atoms with van der Waals surface area (Å²) in [6, 6.07) is 5.67. The predicted molar refractivity (Wildman–Crippen MR) is 54.8 cm³/mol. The molecule has 1 fully saturated rings. The lowest BCUT2D eigenvalue weighted by Gasteiger charge is -2.07. The summed E-state index contributed by atoms with van der Waals surface area (Å²) in [5.74, 6) is 1.69. The van der Waals surface area contributed by atoms with Gasteiger partial charge in [0.05, 0.1) is 7.11 Å². The van der Waals surface area contributed by atoms with Crippen LogP contribution in [0, 0.1) is 5.92 Å². The van der Waals surface area contributed by atoms with Crippen LogP contribution in [0.3, 0.4) is 0 Å². The number of carbonyl (C=O) groups excluding carboxylic acids is 1. The molecule has 0 bridgehead atoms. The van der Waals surface area contributed by atoms with Crippen LogP contribution in [0.15, 0.2) is 18.2 Å². The number of rotatable bonds is 4. The molecule has 0 amide bonds. The third kappa shape index (κ3) is 1.95. The van der Waals surface area contributed by atoms with Gasteiger partial charge in [0.2, 0.25) is 0 Å². The van der Waals surface area contributed by atoms with Gasteiger partial charge in [-0.2, -0.15) is 0 Å². The average molecular weight is 190 g/mol. The monoisotopic (exact) mass is 190 g/mol. The Hall–Kier alpha value is -1.31. The van der Waals surface area contributed by atoms with Crippen LogP contribution < -0.4 is 4.74 Å². The fraction of sp³-hybridized carbons (Fsp3) is 0.417. The second-order valence-electron chi connectivity index (χ2n) is 3.84. The molecular formula is C12H14O2. The summed E-state index contributed by atoms with van der Waals surface area (Å²) in [5.41, 5.74) is 1.90. The molecule has 0 N–H and O–H groups in total. The summed E-state index contributed by atoms with van der Waals surface area (Å²) in [6.07, 6.45) is 4.60. The Morgan fingerprint density at radius 3 is 2.86 bits per heavy atom.